The number of nitrogens with zero attached hydrogens (tertiary/aromatic N) is 3. The van der Waals surface area contributed by atoms with Crippen LogP contribution in [0, 0.1) is 25.2 Å². The number of likely N-dealkylation sites (N-methyl/N-ethyl adjacent to an activating group) is 1. The third-order valence-corrected chi connectivity index (χ3v) is 3.11. The van der Waals surface area contributed by atoms with Gasteiger partial charge in [-0.1, -0.05) is 0 Å². The normalized spacial score (nSPS) is 15.4. The largest absolute Gasteiger partial charge is 0.368 e. The molecule has 4 nitrogen and oxygen atoms in total. The number of nitrogens with one attached hydrogen (secondary N) is 1. The van der Waals surface area contributed by atoms with Crippen molar-refractivity contribution in [3.05, 3.63) is 23.0 Å². The van der Waals surface area contributed by atoms with Gasteiger partial charge in [-0.3, -0.25) is 4.98 Å². The van der Waals surface area contributed by atoms with Crippen molar-refractivity contribution in [3.63, 3.8) is 0 Å². The minimum atomic E-state index is 0.494. The number of pyridine rings is 1. The number of anilines is 1. The van der Waals surface area contributed by atoms with Crippen LogP contribution >= 0.6 is 0 Å². The van der Waals surface area contributed by atoms with Crippen molar-refractivity contribution in [3.8, 4) is 6.07 Å². The topological polar surface area (TPSA) is 52.0 Å². The number of hydrogen-bond donors (Lipinski definition) is 1. The molecule has 0 unspecified atom stereocenters. The summed E-state index contributed by atoms with van der Waals surface area (Å²) in [5, 5.41) is 12.4. The maximum Gasteiger partial charge on any atom is 0.103 e. The summed E-state index contributed by atoms with van der Waals surface area (Å²) in [6.45, 7) is 5.83. The van der Waals surface area contributed by atoms with Gasteiger partial charge in [-0.2, -0.15) is 5.26 Å². The van der Waals surface area contributed by atoms with Crippen LogP contribution in [0.5, 0.6) is 0 Å². The van der Waals surface area contributed by atoms with Crippen LogP contribution in [0.25, 0.3) is 0 Å². The zero-order chi connectivity index (χ0) is 11.7. The first-order valence-electron chi connectivity index (χ1n) is 5.45. The number of hydrogen-bond acceptors (Lipinski definition) is 4. The van der Waals surface area contributed by atoms with Crippen LogP contribution in [0.1, 0.15) is 17.0 Å². The Bertz CT molecular complexity index is 443. The highest BCUT2D eigenvalue weighted by Crippen LogP contribution is 2.24. The lowest BCUT2D eigenvalue weighted by molar-refractivity contribution is 0.428. The van der Waals surface area contributed by atoms with E-state index in [4.69, 9.17) is 0 Å². The summed E-state index contributed by atoms with van der Waals surface area (Å²) < 4.78 is 0. The standard InChI is InChI=1S/C12H16N4/c1-8-4-12(11(5-13)9(2)15-8)16(3)10-6-14-7-10/h4,10,14H,6-7H2,1-3H3. The highest BCUT2D eigenvalue weighted by Gasteiger charge is 2.24. The lowest BCUT2D eigenvalue weighted by atomic mass is 10.1. The molecule has 1 N–H and O–H groups in total. The SMILES string of the molecule is Cc1cc(N(C)C2CNC2)c(C#N)c(C)n1. The fourth-order valence-corrected chi connectivity index (χ4v) is 1.97. The maximum atomic E-state index is 9.18. The molecule has 4 heteroatoms. The maximum absolute atomic E-state index is 9.18. The zero-order valence-corrected chi connectivity index (χ0v) is 9.91. The number of nitriles is 1. The van der Waals surface area contributed by atoms with Crippen molar-refractivity contribution in [2.24, 2.45) is 0 Å². The van der Waals surface area contributed by atoms with Crippen LogP contribution in [0.2, 0.25) is 0 Å². The summed E-state index contributed by atoms with van der Waals surface area (Å²) in [5.41, 5.74) is 3.47. The second-order valence-electron chi connectivity index (χ2n) is 4.28. The van der Waals surface area contributed by atoms with Gasteiger partial charge in [0.1, 0.15) is 6.07 Å². The fourth-order valence-electron chi connectivity index (χ4n) is 1.97. The molecule has 1 fully saturated rings. The van der Waals surface area contributed by atoms with Crippen LogP contribution in [-0.2, 0) is 0 Å². The Labute approximate surface area is 95.9 Å². The molecule has 0 spiro atoms. The molecule has 0 atom stereocenters. The van der Waals surface area contributed by atoms with Crippen molar-refractivity contribution in [2.45, 2.75) is 19.9 Å². The van der Waals surface area contributed by atoms with Gasteiger partial charge in [-0.25, -0.2) is 0 Å². The first kappa shape index (κ1) is 10.9. The Hall–Kier alpha value is -1.60. The second kappa shape index (κ2) is 4.11. The monoisotopic (exact) mass is 216 g/mol. The van der Waals surface area contributed by atoms with Gasteiger partial charge in [0.05, 0.1) is 23.0 Å². The minimum absolute atomic E-state index is 0.494. The molecule has 1 aliphatic rings. The Balaban J connectivity index is 2.42. The van der Waals surface area contributed by atoms with E-state index in [-0.39, 0.29) is 0 Å². The fraction of sp³-hybridized carbons (Fsp3) is 0.500. The average Bonchev–Trinajstić information content (AvgIpc) is 2.13. The third kappa shape index (κ3) is 1.74. The summed E-state index contributed by atoms with van der Waals surface area (Å²) in [6.07, 6.45) is 0. The molecule has 0 amide bonds. The quantitative estimate of drug-likeness (QED) is 0.800. The van der Waals surface area contributed by atoms with E-state index in [0.717, 1.165) is 30.2 Å². The summed E-state index contributed by atoms with van der Waals surface area (Å²) in [7, 11) is 2.04. The van der Waals surface area contributed by atoms with Crippen molar-refractivity contribution >= 4 is 5.69 Å². The molecule has 1 aliphatic heterocycles. The molecule has 2 rings (SSSR count). The lowest BCUT2D eigenvalue weighted by Crippen LogP contribution is -2.56. The molecule has 0 aromatic carbocycles. The average molecular weight is 216 g/mol. The third-order valence-electron chi connectivity index (χ3n) is 3.11. The van der Waals surface area contributed by atoms with E-state index in [9.17, 15) is 5.26 Å². The van der Waals surface area contributed by atoms with E-state index in [2.05, 4.69) is 21.3 Å². The van der Waals surface area contributed by atoms with Gasteiger partial charge < -0.3 is 10.2 Å². The van der Waals surface area contributed by atoms with E-state index in [1.165, 1.54) is 0 Å². The molecular formula is C12H16N4. The number of rotatable bonds is 2. The van der Waals surface area contributed by atoms with Gasteiger partial charge in [-0.15, -0.1) is 0 Å². The van der Waals surface area contributed by atoms with Gasteiger partial charge in [0.25, 0.3) is 0 Å². The van der Waals surface area contributed by atoms with Crippen LogP contribution < -0.4 is 10.2 Å². The van der Waals surface area contributed by atoms with E-state index in [1.54, 1.807) is 0 Å². The lowest BCUT2D eigenvalue weighted by Gasteiger charge is -2.37. The number of aryl methyl sites for hydroxylation is 2. The summed E-state index contributed by atoms with van der Waals surface area (Å²) >= 11 is 0. The van der Waals surface area contributed by atoms with E-state index in [1.807, 2.05) is 27.0 Å². The Morgan fingerprint density at radius 2 is 2.19 bits per heavy atom. The van der Waals surface area contributed by atoms with Gasteiger partial charge in [0.15, 0.2) is 0 Å². The van der Waals surface area contributed by atoms with Crippen molar-refractivity contribution < 1.29 is 0 Å². The summed E-state index contributed by atoms with van der Waals surface area (Å²) in [5.74, 6) is 0. The molecule has 16 heavy (non-hydrogen) atoms. The molecule has 2 heterocycles. The smallest absolute Gasteiger partial charge is 0.103 e. The first-order valence-corrected chi connectivity index (χ1v) is 5.45. The van der Waals surface area contributed by atoms with Crippen LogP contribution in [0.3, 0.4) is 0 Å². The van der Waals surface area contributed by atoms with Crippen molar-refractivity contribution in [1.82, 2.24) is 10.3 Å². The minimum Gasteiger partial charge on any atom is -0.368 e. The van der Waals surface area contributed by atoms with Crippen LogP contribution in [0.15, 0.2) is 6.07 Å². The summed E-state index contributed by atoms with van der Waals surface area (Å²) in [4.78, 5) is 6.50. The van der Waals surface area contributed by atoms with Crippen LogP contribution in [-0.4, -0.2) is 31.2 Å². The highest BCUT2D eigenvalue weighted by atomic mass is 15.2. The first-order chi connectivity index (χ1) is 7.63. The zero-order valence-electron chi connectivity index (χ0n) is 9.91. The molecule has 84 valence electrons. The molecule has 1 aromatic heterocycles. The second-order valence-corrected chi connectivity index (χ2v) is 4.28. The Kier molecular flexibility index (Phi) is 2.80. The van der Waals surface area contributed by atoms with Crippen LogP contribution in [0.4, 0.5) is 5.69 Å². The molecular weight excluding hydrogens is 200 g/mol. The van der Waals surface area contributed by atoms with E-state index >= 15 is 0 Å². The molecule has 1 aromatic rings. The number of aromatic nitrogens is 1. The van der Waals surface area contributed by atoms with E-state index in [0.29, 0.717) is 11.6 Å². The summed E-state index contributed by atoms with van der Waals surface area (Å²) in [6, 6.07) is 4.73. The highest BCUT2D eigenvalue weighted by molar-refractivity contribution is 5.62. The van der Waals surface area contributed by atoms with E-state index < -0.39 is 0 Å². The Morgan fingerprint density at radius 3 is 2.69 bits per heavy atom. The van der Waals surface area contributed by atoms with Crippen molar-refractivity contribution in [1.29, 1.82) is 5.26 Å². The molecule has 0 saturated carbocycles. The van der Waals surface area contributed by atoms with Crippen molar-refractivity contribution in [2.75, 3.05) is 25.0 Å². The van der Waals surface area contributed by atoms with Gasteiger partial charge >= 0.3 is 0 Å². The predicted octanol–water partition coefficient (Wildman–Crippen LogP) is 0.978. The van der Waals surface area contributed by atoms with Gasteiger partial charge in [0, 0.05) is 25.8 Å². The molecule has 0 aliphatic carbocycles. The molecule has 1 saturated heterocycles. The molecule has 0 radical (unpaired) electrons. The predicted molar refractivity (Wildman–Crippen MR) is 63.5 cm³/mol. The Morgan fingerprint density at radius 1 is 1.50 bits per heavy atom. The van der Waals surface area contributed by atoms with Gasteiger partial charge in [0.2, 0.25) is 0 Å². The molecule has 0 bridgehead atoms. The van der Waals surface area contributed by atoms with Gasteiger partial charge in [-0.05, 0) is 19.9 Å².